The van der Waals surface area contributed by atoms with Crippen LogP contribution >= 0.6 is 11.6 Å². The summed E-state index contributed by atoms with van der Waals surface area (Å²) >= 11 is 6.05. The molecule has 6 heteroatoms. The number of anilines is 1. The van der Waals surface area contributed by atoms with Crippen molar-refractivity contribution in [3.63, 3.8) is 0 Å². The van der Waals surface area contributed by atoms with Crippen LogP contribution in [0.3, 0.4) is 0 Å². The third kappa shape index (κ3) is 2.60. The highest BCUT2D eigenvalue weighted by Crippen LogP contribution is 2.21. The van der Waals surface area contributed by atoms with Gasteiger partial charge in [0.05, 0.1) is 5.52 Å². The molecule has 0 saturated heterocycles. The maximum Gasteiger partial charge on any atom is 0.255 e. The molecule has 0 aliphatic heterocycles. The summed E-state index contributed by atoms with van der Waals surface area (Å²) in [4.78, 5) is 12.3. The second kappa shape index (κ2) is 5.18. The zero-order valence-electron chi connectivity index (χ0n) is 11.6. The number of fused-ring (bicyclic) bond motifs is 1. The van der Waals surface area contributed by atoms with Crippen molar-refractivity contribution in [1.82, 2.24) is 15.0 Å². The van der Waals surface area contributed by atoms with Gasteiger partial charge >= 0.3 is 0 Å². The topological polar surface area (TPSA) is 59.8 Å². The molecular weight excluding hydrogens is 288 g/mol. The Morgan fingerprint density at radius 2 is 2.05 bits per heavy atom. The van der Waals surface area contributed by atoms with E-state index in [1.807, 2.05) is 32.2 Å². The molecule has 0 atom stereocenters. The van der Waals surface area contributed by atoms with Crippen LogP contribution in [0.1, 0.15) is 15.9 Å². The van der Waals surface area contributed by atoms with Crippen molar-refractivity contribution in [3.8, 4) is 0 Å². The number of hydrogen-bond acceptors (Lipinski definition) is 3. The van der Waals surface area contributed by atoms with Gasteiger partial charge in [0.2, 0.25) is 0 Å². The first-order valence-corrected chi connectivity index (χ1v) is 6.79. The van der Waals surface area contributed by atoms with Crippen molar-refractivity contribution in [1.29, 1.82) is 0 Å². The van der Waals surface area contributed by atoms with E-state index in [2.05, 4.69) is 15.6 Å². The lowest BCUT2D eigenvalue weighted by Crippen LogP contribution is -2.11. The number of carbonyl (C=O) groups excluding carboxylic acids is 1. The highest BCUT2D eigenvalue weighted by atomic mass is 35.5. The predicted octanol–water partition coefficient (Wildman–Crippen LogP) is 3.18. The van der Waals surface area contributed by atoms with E-state index in [0.717, 1.165) is 11.1 Å². The molecule has 3 rings (SSSR count). The van der Waals surface area contributed by atoms with Crippen molar-refractivity contribution < 1.29 is 4.79 Å². The highest BCUT2D eigenvalue weighted by molar-refractivity contribution is 6.31. The van der Waals surface area contributed by atoms with E-state index >= 15 is 0 Å². The molecule has 0 aliphatic carbocycles. The molecular formula is C15H13ClN4O. The molecule has 2 aromatic carbocycles. The Balaban J connectivity index is 1.87. The number of nitrogens with one attached hydrogen (secondary N) is 1. The lowest BCUT2D eigenvalue weighted by atomic mass is 10.1. The monoisotopic (exact) mass is 300 g/mol. The number of carbonyl (C=O) groups is 1. The van der Waals surface area contributed by atoms with Crippen LogP contribution in [-0.4, -0.2) is 20.9 Å². The van der Waals surface area contributed by atoms with Crippen LogP contribution in [0.25, 0.3) is 11.0 Å². The Morgan fingerprint density at radius 3 is 2.81 bits per heavy atom. The van der Waals surface area contributed by atoms with E-state index in [4.69, 9.17) is 11.6 Å². The standard InChI is InChI=1S/C15H13ClN4O/c1-9-3-5-11(8-12(9)16)17-15(21)10-4-6-14-13(7-10)18-19-20(14)2/h3-8H,1-2H3,(H,17,21). The first-order chi connectivity index (χ1) is 10.0. The minimum absolute atomic E-state index is 0.206. The predicted molar refractivity (Wildman–Crippen MR) is 82.7 cm³/mol. The molecule has 0 spiro atoms. The third-order valence-electron chi connectivity index (χ3n) is 3.30. The number of hydrogen-bond donors (Lipinski definition) is 1. The SMILES string of the molecule is Cc1ccc(NC(=O)c2ccc3c(c2)nnn3C)cc1Cl. The maximum atomic E-state index is 12.3. The quantitative estimate of drug-likeness (QED) is 0.790. The number of aryl methyl sites for hydroxylation is 2. The normalized spacial score (nSPS) is 10.8. The maximum absolute atomic E-state index is 12.3. The van der Waals surface area contributed by atoms with Crippen molar-refractivity contribution in [2.24, 2.45) is 7.05 Å². The van der Waals surface area contributed by atoms with Crippen LogP contribution in [0, 0.1) is 6.92 Å². The first-order valence-electron chi connectivity index (χ1n) is 6.41. The summed E-state index contributed by atoms with van der Waals surface area (Å²) < 4.78 is 1.66. The van der Waals surface area contributed by atoms with E-state index in [9.17, 15) is 4.79 Å². The van der Waals surface area contributed by atoms with Crippen LogP contribution < -0.4 is 5.32 Å². The number of benzene rings is 2. The highest BCUT2D eigenvalue weighted by Gasteiger charge is 2.10. The fourth-order valence-corrected chi connectivity index (χ4v) is 2.24. The molecule has 0 saturated carbocycles. The third-order valence-corrected chi connectivity index (χ3v) is 3.71. The van der Waals surface area contributed by atoms with Gasteiger partial charge in [0.1, 0.15) is 5.52 Å². The number of aromatic nitrogens is 3. The van der Waals surface area contributed by atoms with Crippen molar-refractivity contribution in [2.45, 2.75) is 6.92 Å². The lowest BCUT2D eigenvalue weighted by Gasteiger charge is -2.07. The van der Waals surface area contributed by atoms with Gasteiger partial charge in [-0.1, -0.05) is 22.9 Å². The van der Waals surface area contributed by atoms with Crippen LogP contribution in [0.15, 0.2) is 36.4 Å². The largest absolute Gasteiger partial charge is 0.322 e. The molecule has 0 fully saturated rings. The number of rotatable bonds is 2. The van der Waals surface area contributed by atoms with Gasteiger partial charge in [0.25, 0.3) is 5.91 Å². The van der Waals surface area contributed by atoms with Crippen LogP contribution in [0.5, 0.6) is 0 Å². The van der Waals surface area contributed by atoms with Crippen LogP contribution in [-0.2, 0) is 7.05 Å². The second-order valence-corrected chi connectivity index (χ2v) is 5.24. The first kappa shape index (κ1) is 13.6. The van der Waals surface area contributed by atoms with Gasteiger partial charge in [-0.2, -0.15) is 0 Å². The summed E-state index contributed by atoms with van der Waals surface area (Å²) in [6, 6.07) is 10.7. The zero-order valence-corrected chi connectivity index (χ0v) is 12.3. The van der Waals surface area contributed by atoms with Crippen molar-refractivity contribution >= 4 is 34.2 Å². The number of amides is 1. The Morgan fingerprint density at radius 1 is 1.24 bits per heavy atom. The Kier molecular flexibility index (Phi) is 3.35. The van der Waals surface area contributed by atoms with Gasteiger partial charge in [0, 0.05) is 23.3 Å². The minimum Gasteiger partial charge on any atom is -0.322 e. The molecule has 0 bridgehead atoms. The Hall–Kier alpha value is -2.40. The van der Waals surface area contributed by atoms with E-state index in [1.54, 1.807) is 22.9 Å². The Labute approximate surface area is 126 Å². The van der Waals surface area contributed by atoms with E-state index < -0.39 is 0 Å². The fourth-order valence-electron chi connectivity index (χ4n) is 2.06. The smallest absolute Gasteiger partial charge is 0.255 e. The van der Waals surface area contributed by atoms with E-state index in [0.29, 0.717) is 21.8 Å². The number of halogens is 1. The molecule has 0 aliphatic rings. The van der Waals surface area contributed by atoms with Crippen LogP contribution in [0.4, 0.5) is 5.69 Å². The van der Waals surface area contributed by atoms with Gasteiger partial charge < -0.3 is 5.32 Å². The van der Waals surface area contributed by atoms with Gasteiger partial charge in [-0.15, -0.1) is 5.10 Å². The molecule has 1 N–H and O–H groups in total. The molecule has 1 amide bonds. The summed E-state index contributed by atoms with van der Waals surface area (Å²) in [6.07, 6.45) is 0. The molecule has 3 aromatic rings. The van der Waals surface area contributed by atoms with Gasteiger partial charge in [-0.05, 0) is 42.8 Å². The van der Waals surface area contributed by atoms with E-state index in [1.165, 1.54) is 0 Å². The van der Waals surface area contributed by atoms with Gasteiger partial charge in [-0.3, -0.25) is 4.79 Å². The van der Waals surface area contributed by atoms with Crippen LogP contribution in [0.2, 0.25) is 5.02 Å². The molecule has 5 nitrogen and oxygen atoms in total. The average molecular weight is 301 g/mol. The van der Waals surface area contributed by atoms with Gasteiger partial charge in [0.15, 0.2) is 0 Å². The average Bonchev–Trinajstić information content (AvgIpc) is 2.84. The molecule has 0 radical (unpaired) electrons. The molecule has 0 unspecified atom stereocenters. The molecule has 1 aromatic heterocycles. The lowest BCUT2D eigenvalue weighted by molar-refractivity contribution is 0.102. The minimum atomic E-state index is -0.206. The summed E-state index contributed by atoms with van der Waals surface area (Å²) in [6.45, 7) is 1.91. The molecule has 106 valence electrons. The van der Waals surface area contributed by atoms with Crippen molar-refractivity contribution in [3.05, 3.63) is 52.5 Å². The summed E-state index contributed by atoms with van der Waals surface area (Å²) in [5.41, 5.74) is 3.72. The van der Waals surface area contributed by atoms with Gasteiger partial charge in [-0.25, -0.2) is 4.68 Å². The van der Waals surface area contributed by atoms with E-state index in [-0.39, 0.29) is 5.91 Å². The molecule has 21 heavy (non-hydrogen) atoms. The Bertz CT molecular complexity index is 841. The van der Waals surface area contributed by atoms with Crippen molar-refractivity contribution in [2.75, 3.05) is 5.32 Å². The fraction of sp³-hybridized carbons (Fsp3) is 0.133. The second-order valence-electron chi connectivity index (χ2n) is 4.83. The molecule has 1 heterocycles. The number of nitrogens with zero attached hydrogens (tertiary/aromatic N) is 3. The summed E-state index contributed by atoms with van der Waals surface area (Å²) in [5, 5.41) is 11.4. The zero-order chi connectivity index (χ0) is 15.0. The summed E-state index contributed by atoms with van der Waals surface area (Å²) in [5.74, 6) is -0.206. The summed E-state index contributed by atoms with van der Waals surface area (Å²) in [7, 11) is 1.81.